The highest BCUT2D eigenvalue weighted by atomic mass is 16.4. The summed E-state index contributed by atoms with van der Waals surface area (Å²) in [4.78, 5) is 24.6. The summed E-state index contributed by atoms with van der Waals surface area (Å²) in [6, 6.07) is 0. The van der Waals surface area contributed by atoms with Gasteiger partial charge < -0.3 is 15.3 Å². The molecule has 0 bridgehead atoms. The molecule has 3 N–H and O–H groups in total. The molecule has 6 nitrogen and oxygen atoms in total. The molecular weight excluding hydrogens is 382 g/mol. The van der Waals surface area contributed by atoms with Gasteiger partial charge in [0.1, 0.15) is 5.75 Å². The van der Waals surface area contributed by atoms with Crippen molar-refractivity contribution in [3.05, 3.63) is 23.0 Å². The smallest absolute Gasteiger partial charge is 0.303 e. The number of aliphatic hydroxyl groups is 1. The van der Waals surface area contributed by atoms with Crippen LogP contribution in [0.25, 0.3) is 0 Å². The topological polar surface area (TPSA) is 108 Å². The molecule has 0 aliphatic carbocycles. The third-order valence-electron chi connectivity index (χ3n) is 5.14. The van der Waals surface area contributed by atoms with Crippen molar-refractivity contribution in [1.82, 2.24) is 4.98 Å². The standard InChI is InChI=1S/C16H32O2.C8H9NO3/c1-2-3-4-5-6-7-8-9-10-11-12-13-14-15-16(17)18;1-5-8(12)7(4-11)6(3-10)2-9-5/h2-15H2,1H3,(H,17,18);2,4,10,12H,3H2,1H3. The van der Waals surface area contributed by atoms with Crippen molar-refractivity contribution in [2.75, 3.05) is 0 Å². The van der Waals surface area contributed by atoms with E-state index in [1.165, 1.54) is 76.8 Å². The van der Waals surface area contributed by atoms with Crippen LogP contribution in [-0.2, 0) is 11.4 Å². The van der Waals surface area contributed by atoms with Gasteiger partial charge in [-0.2, -0.15) is 0 Å². The number of aldehydes is 1. The van der Waals surface area contributed by atoms with Gasteiger partial charge in [-0.05, 0) is 13.3 Å². The molecule has 1 rings (SSSR count). The number of carboxylic acid groups (broad SMARTS) is 1. The van der Waals surface area contributed by atoms with Crippen LogP contribution < -0.4 is 0 Å². The van der Waals surface area contributed by atoms with Gasteiger partial charge in [-0.1, -0.05) is 84.0 Å². The maximum Gasteiger partial charge on any atom is 0.303 e. The Morgan fingerprint density at radius 3 is 1.80 bits per heavy atom. The van der Waals surface area contributed by atoms with Crippen LogP contribution in [0.4, 0.5) is 0 Å². The van der Waals surface area contributed by atoms with Crippen molar-refractivity contribution in [1.29, 1.82) is 0 Å². The Hall–Kier alpha value is -1.95. The SMILES string of the molecule is CCCCCCCCCCCCCCCC(=O)O.Cc1ncc(CO)c(C=O)c1O. The number of carboxylic acids is 1. The van der Waals surface area contributed by atoms with Crippen LogP contribution in [0.15, 0.2) is 6.20 Å². The van der Waals surface area contributed by atoms with Gasteiger partial charge in [-0.25, -0.2) is 0 Å². The number of nitrogens with zero attached hydrogens (tertiary/aromatic N) is 1. The largest absolute Gasteiger partial charge is 0.505 e. The number of aliphatic carboxylic acids is 1. The number of aliphatic hydroxyl groups excluding tert-OH is 1. The quantitative estimate of drug-likeness (QED) is 0.224. The zero-order valence-electron chi connectivity index (χ0n) is 18.9. The Bertz CT molecular complexity index is 589. The van der Waals surface area contributed by atoms with Crippen LogP contribution >= 0.6 is 0 Å². The summed E-state index contributed by atoms with van der Waals surface area (Å²) in [5.41, 5.74) is 0.840. The molecule has 0 atom stereocenters. The zero-order valence-corrected chi connectivity index (χ0v) is 18.9. The summed E-state index contributed by atoms with van der Waals surface area (Å²) in [7, 11) is 0. The van der Waals surface area contributed by atoms with Crippen molar-refractivity contribution in [3.63, 3.8) is 0 Å². The van der Waals surface area contributed by atoms with Crippen LogP contribution in [-0.4, -0.2) is 32.6 Å². The van der Waals surface area contributed by atoms with Gasteiger partial charge in [-0.15, -0.1) is 0 Å². The van der Waals surface area contributed by atoms with Gasteiger partial charge >= 0.3 is 5.97 Å². The van der Waals surface area contributed by atoms with Gasteiger partial charge in [0.2, 0.25) is 0 Å². The third-order valence-corrected chi connectivity index (χ3v) is 5.14. The lowest BCUT2D eigenvalue weighted by Crippen LogP contribution is -1.96. The lowest BCUT2D eigenvalue weighted by molar-refractivity contribution is -0.137. The third kappa shape index (κ3) is 14.1. The second-order valence-electron chi connectivity index (χ2n) is 7.79. The highest BCUT2D eigenvalue weighted by Gasteiger charge is 2.09. The van der Waals surface area contributed by atoms with Gasteiger partial charge in [0.15, 0.2) is 6.29 Å². The molecule has 0 radical (unpaired) electrons. The van der Waals surface area contributed by atoms with E-state index in [0.717, 1.165) is 12.8 Å². The molecule has 30 heavy (non-hydrogen) atoms. The highest BCUT2D eigenvalue weighted by Crippen LogP contribution is 2.21. The maximum atomic E-state index is 10.5. The summed E-state index contributed by atoms with van der Waals surface area (Å²) in [6.45, 7) is 3.55. The predicted octanol–water partition coefficient (Wildman–Crippen LogP) is 5.95. The molecule has 0 aliphatic heterocycles. The number of aryl methyl sites for hydroxylation is 1. The molecule has 1 aromatic rings. The van der Waals surface area contributed by atoms with E-state index in [1.807, 2.05) is 0 Å². The minimum atomic E-state index is -0.655. The van der Waals surface area contributed by atoms with Crippen LogP contribution in [0.3, 0.4) is 0 Å². The minimum Gasteiger partial charge on any atom is -0.505 e. The van der Waals surface area contributed by atoms with E-state index in [2.05, 4.69) is 11.9 Å². The van der Waals surface area contributed by atoms with Crippen molar-refractivity contribution < 1.29 is 24.9 Å². The molecule has 0 spiro atoms. The molecule has 0 unspecified atom stereocenters. The number of hydrogen-bond acceptors (Lipinski definition) is 5. The number of hydrogen-bond donors (Lipinski definition) is 3. The number of aromatic nitrogens is 1. The van der Waals surface area contributed by atoms with Crippen molar-refractivity contribution in [2.45, 2.75) is 110 Å². The molecule has 1 heterocycles. The number of carbonyl (C=O) groups excluding carboxylic acids is 1. The Balaban J connectivity index is 0.000000604. The normalized spacial score (nSPS) is 10.4. The molecular formula is C24H41NO5. The average Bonchev–Trinajstić information content (AvgIpc) is 2.73. The van der Waals surface area contributed by atoms with E-state index in [1.54, 1.807) is 6.92 Å². The number of pyridine rings is 1. The van der Waals surface area contributed by atoms with Crippen LogP contribution in [0.2, 0.25) is 0 Å². The number of carbonyl (C=O) groups is 2. The Labute approximate surface area is 181 Å². The molecule has 0 fully saturated rings. The van der Waals surface area contributed by atoms with Crippen LogP contribution in [0.5, 0.6) is 5.75 Å². The summed E-state index contributed by atoms with van der Waals surface area (Å²) < 4.78 is 0. The molecule has 0 aliphatic rings. The van der Waals surface area contributed by atoms with Gasteiger partial charge in [-0.3, -0.25) is 14.6 Å². The lowest BCUT2D eigenvalue weighted by Gasteiger charge is -2.04. The van der Waals surface area contributed by atoms with Crippen molar-refractivity contribution >= 4 is 12.3 Å². The fourth-order valence-electron chi connectivity index (χ4n) is 3.20. The second-order valence-corrected chi connectivity index (χ2v) is 7.79. The van der Waals surface area contributed by atoms with E-state index in [4.69, 9.17) is 10.2 Å². The van der Waals surface area contributed by atoms with Crippen LogP contribution in [0, 0.1) is 6.92 Å². The Morgan fingerprint density at radius 1 is 0.933 bits per heavy atom. The van der Waals surface area contributed by atoms with E-state index in [0.29, 0.717) is 24.0 Å². The van der Waals surface area contributed by atoms with E-state index in [9.17, 15) is 14.7 Å². The Morgan fingerprint density at radius 2 is 1.40 bits per heavy atom. The Kier molecular flexibility index (Phi) is 17.8. The first-order valence-corrected chi connectivity index (χ1v) is 11.4. The molecule has 0 saturated heterocycles. The van der Waals surface area contributed by atoms with Gasteiger partial charge in [0, 0.05) is 18.2 Å². The van der Waals surface area contributed by atoms with Crippen LogP contribution in [0.1, 0.15) is 118 Å². The summed E-state index contributed by atoms with van der Waals surface area (Å²) >= 11 is 0. The van der Waals surface area contributed by atoms with Gasteiger partial charge in [0.25, 0.3) is 0 Å². The van der Waals surface area contributed by atoms with Crippen molar-refractivity contribution in [3.8, 4) is 5.75 Å². The molecule has 0 saturated carbocycles. The first-order chi connectivity index (χ1) is 14.5. The summed E-state index contributed by atoms with van der Waals surface area (Å²) in [6.07, 6.45) is 19.2. The highest BCUT2D eigenvalue weighted by molar-refractivity contribution is 5.81. The maximum absolute atomic E-state index is 10.5. The molecule has 6 heteroatoms. The monoisotopic (exact) mass is 423 g/mol. The average molecular weight is 424 g/mol. The summed E-state index contributed by atoms with van der Waals surface area (Å²) in [5, 5.41) is 26.6. The molecule has 0 amide bonds. The first kappa shape index (κ1) is 28.1. The molecule has 1 aromatic heterocycles. The number of aromatic hydroxyl groups is 1. The van der Waals surface area contributed by atoms with Gasteiger partial charge in [0.05, 0.1) is 17.9 Å². The van der Waals surface area contributed by atoms with Crippen molar-refractivity contribution in [2.24, 2.45) is 0 Å². The zero-order chi connectivity index (χ0) is 22.6. The lowest BCUT2D eigenvalue weighted by atomic mass is 10.0. The molecule has 0 aromatic carbocycles. The fourth-order valence-corrected chi connectivity index (χ4v) is 3.20. The number of unbranched alkanes of at least 4 members (excludes halogenated alkanes) is 12. The fraction of sp³-hybridized carbons (Fsp3) is 0.708. The second kappa shape index (κ2) is 19.0. The van der Waals surface area contributed by atoms with E-state index >= 15 is 0 Å². The summed E-state index contributed by atoms with van der Waals surface area (Å²) in [5.74, 6) is -0.811. The molecule has 172 valence electrons. The predicted molar refractivity (Wildman–Crippen MR) is 120 cm³/mol. The number of rotatable bonds is 16. The minimum absolute atomic E-state index is 0.116. The first-order valence-electron chi connectivity index (χ1n) is 11.4. The van der Waals surface area contributed by atoms with E-state index < -0.39 is 5.97 Å². The van der Waals surface area contributed by atoms with E-state index in [-0.39, 0.29) is 17.9 Å².